The molecule has 22 heavy (non-hydrogen) atoms. The highest BCUT2D eigenvalue weighted by atomic mass is 16.5. The number of nitrogens with one attached hydrogen (secondary N) is 1. The topological polar surface area (TPSA) is 33.7 Å². The molecule has 128 valence electrons. The zero-order valence-corrected chi connectivity index (χ0v) is 14.5. The number of hydrogen-bond acceptors (Lipinski definition) is 4. The first kappa shape index (κ1) is 16.7. The van der Waals surface area contributed by atoms with E-state index in [4.69, 9.17) is 9.47 Å². The highest BCUT2D eigenvalue weighted by Crippen LogP contribution is 2.54. The molecule has 1 saturated heterocycles. The van der Waals surface area contributed by atoms with Crippen LogP contribution in [0.5, 0.6) is 0 Å². The molecule has 4 fully saturated rings. The molecule has 0 atom stereocenters. The van der Waals surface area contributed by atoms with Crippen LogP contribution in [0.3, 0.4) is 0 Å². The van der Waals surface area contributed by atoms with Gasteiger partial charge in [-0.2, -0.15) is 0 Å². The van der Waals surface area contributed by atoms with E-state index in [9.17, 15) is 0 Å². The van der Waals surface area contributed by atoms with Gasteiger partial charge < -0.3 is 19.7 Å². The van der Waals surface area contributed by atoms with Gasteiger partial charge in [0.2, 0.25) is 0 Å². The lowest BCUT2D eigenvalue weighted by molar-refractivity contribution is -0.148. The van der Waals surface area contributed by atoms with E-state index in [1.165, 1.54) is 71.0 Å². The van der Waals surface area contributed by atoms with Crippen LogP contribution in [0.15, 0.2) is 0 Å². The van der Waals surface area contributed by atoms with Gasteiger partial charge in [0, 0.05) is 19.7 Å². The maximum Gasteiger partial charge on any atom is 0.0707 e. The Morgan fingerprint density at radius 2 is 1.64 bits per heavy atom. The van der Waals surface area contributed by atoms with Gasteiger partial charge in [0.15, 0.2) is 0 Å². The predicted molar refractivity (Wildman–Crippen MR) is 89.2 cm³/mol. The maximum absolute atomic E-state index is 6.21. The lowest BCUT2D eigenvalue weighted by atomic mass is 9.58. The fraction of sp³-hybridized carbons (Fsp3) is 1.00. The van der Waals surface area contributed by atoms with Crippen molar-refractivity contribution in [2.45, 2.75) is 63.0 Å². The SMILES string of the molecule is CNC1CCN(CC23CCC(OCCOC)(CC2)CC3)CC1. The van der Waals surface area contributed by atoms with E-state index in [-0.39, 0.29) is 5.60 Å². The molecule has 0 aromatic heterocycles. The molecule has 0 aromatic rings. The van der Waals surface area contributed by atoms with Crippen LogP contribution in [0.2, 0.25) is 0 Å². The first-order valence-corrected chi connectivity index (χ1v) is 9.22. The molecule has 1 N–H and O–H groups in total. The normalized spacial score (nSPS) is 36.8. The second kappa shape index (κ2) is 7.16. The van der Waals surface area contributed by atoms with Gasteiger partial charge >= 0.3 is 0 Å². The van der Waals surface area contributed by atoms with E-state index >= 15 is 0 Å². The Bertz CT molecular complexity index is 328. The van der Waals surface area contributed by atoms with E-state index in [2.05, 4.69) is 17.3 Å². The van der Waals surface area contributed by atoms with Gasteiger partial charge in [0.25, 0.3) is 0 Å². The second-order valence-corrected chi connectivity index (χ2v) is 7.86. The molecule has 0 radical (unpaired) electrons. The molecule has 4 nitrogen and oxygen atoms in total. The fourth-order valence-electron chi connectivity index (χ4n) is 4.88. The third kappa shape index (κ3) is 3.66. The second-order valence-electron chi connectivity index (χ2n) is 7.86. The summed E-state index contributed by atoms with van der Waals surface area (Å²) in [7, 11) is 3.86. The van der Waals surface area contributed by atoms with E-state index in [0.717, 1.165) is 19.3 Å². The van der Waals surface area contributed by atoms with Crippen molar-refractivity contribution in [2.24, 2.45) is 5.41 Å². The number of hydrogen-bond donors (Lipinski definition) is 1. The van der Waals surface area contributed by atoms with Gasteiger partial charge in [-0.25, -0.2) is 0 Å². The monoisotopic (exact) mass is 310 g/mol. The minimum Gasteiger partial charge on any atom is -0.382 e. The summed E-state index contributed by atoms with van der Waals surface area (Å²) in [6.45, 7) is 5.39. The van der Waals surface area contributed by atoms with Crippen LogP contribution in [-0.2, 0) is 9.47 Å². The number of nitrogens with zero attached hydrogens (tertiary/aromatic N) is 1. The largest absolute Gasteiger partial charge is 0.382 e. The number of likely N-dealkylation sites (tertiary alicyclic amines) is 1. The number of fused-ring (bicyclic) bond motifs is 3. The Kier molecular flexibility index (Phi) is 5.43. The number of rotatable bonds is 7. The van der Waals surface area contributed by atoms with Crippen LogP contribution < -0.4 is 5.32 Å². The van der Waals surface area contributed by atoms with Crippen molar-refractivity contribution in [3.63, 3.8) is 0 Å². The van der Waals surface area contributed by atoms with Gasteiger partial charge in [-0.05, 0) is 76.9 Å². The van der Waals surface area contributed by atoms with E-state index in [1.54, 1.807) is 7.11 Å². The Morgan fingerprint density at radius 1 is 1.00 bits per heavy atom. The molecule has 0 unspecified atom stereocenters. The standard InChI is InChI=1S/C18H34N2O2/c1-19-16-3-11-20(12-4-16)15-17-5-8-18(9-6-17,10-7-17)22-14-13-21-2/h16,19H,3-15H2,1-2H3. The molecule has 1 aliphatic heterocycles. The molecular formula is C18H34N2O2. The molecule has 2 bridgehead atoms. The van der Waals surface area contributed by atoms with Crippen molar-refractivity contribution in [3.05, 3.63) is 0 Å². The Morgan fingerprint density at radius 3 is 2.18 bits per heavy atom. The number of ether oxygens (including phenoxy) is 2. The van der Waals surface area contributed by atoms with Gasteiger partial charge in [-0.1, -0.05) is 0 Å². The van der Waals surface area contributed by atoms with Crippen molar-refractivity contribution in [1.29, 1.82) is 0 Å². The molecule has 4 heteroatoms. The molecule has 3 aliphatic carbocycles. The summed E-state index contributed by atoms with van der Waals surface area (Å²) in [6, 6.07) is 0.744. The van der Waals surface area contributed by atoms with Gasteiger partial charge in [-0.15, -0.1) is 0 Å². The van der Waals surface area contributed by atoms with Crippen molar-refractivity contribution in [3.8, 4) is 0 Å². The van der Waals surface area contributed by atoms with Crippen molar-refractivity contribution >= 4 is 0 Å². The summed E-state index contributed by atoms with van der Waals surface area (Å²) in [5.41, 5.74) is 0.790. The van der Waals surface area contributed by atoms with Crippen LogP contribution in [0.25, 0.3) is 0 Å². The molecule has 1 heterocycles. The lowest BCUT2D eigenvalue weighted by Crippen LogP contribution is -2.53. The predicted octanol–water partition coefficient (Wildman–Crippen LogP) is 2.43. The molecule has 4 aliphatic rings. The van der Waals surface area contributed by atoms with Crippen LogP contribution >= 0.6 is 0 Å². The van der Waals surface area contributed by atoms with Crippen LogP contribution in [0.1, 0.15) is 51.4 Å². The summed E-state index contributed by atoms with van der Waals surface area (Å²) < 4.78 is 11.4. The number of piperidine rings is 1. The Hall–Kier alpha value is -0.160. The third-order valence-electron chi connectivity index (χ3n) is 6.58. The molecule has 0 spiro atoms. The highest BCUT2D eigenvalue weighted by molar-refractivity contribution is 5.02. The summed E-state index contributed by atoms with van der Waals surface area (Å²) in [5.74, 6) is 0. The van der Waals surface area contributed by atoms with Crippen LogP contribution in [0.4, 0.5) is 0 Å². The zero-order valence-electron chi connectivity index (χ0n) is 14.5. The number of methoxy groups -OCH3 is 1. The summed E-state index contributed by atoms with van der Waals surface area (Å²) in [4.78, 5) is 2.73. The minimum atomic E-state index is 0.194. The fourth-order valence-corrected chi connectivity index (χ4v) is 4.88. The molecular weight excluding hydrogens is 276 g/mol. The smallest absolute Gasteiger partial charge is 0.0707 e. The van der Waals surface area contributed by atoms with Gasteiger partial charge in [-0.3, -0.25) is 0 Å². The molecule has 0 aromatic carbocycles. The molecule has 0 amide bonds. The third-order valence-corrected chi connectivity index (χ3v) is 6.58. The quantitative estimate of drug-likeness (QED) is 0.732. The Labute approximate surface area is 135 Å². The maximum atomic E-state index is 6.21. The van der Waals surface area contributed by atoms with Crippen molar-refractivity contribution in [2.75, 3.05) is 47.0 Å². The van der Waals surface area contributed by atoms with E-state index in [0.29, 0.717) is 5.41 Å². The summed E-state index contributed by atoms with van der Waals surface area (Å²) in [6.07, 6.45) is 10.5. The minimum absolute atomic E-state index is 0.194. The average Bonchev–Trinajstić information content (AvgIpc) is 2.58. The summed E-state index contributed by atoms with van der Waals surface area (Å²) in [5, 5.41) is 3.44. The van der Waals surface area contributed by atoms with Crippen LogP contribution in [0, 0.1) is 5.41 Å². The Balaban J connectivity index is 1.47. The summed E-state index contributed by atoms with van der Waals surface area (Å²) >= 11 is 0. The molecule has 3 saturated carbocycles. The first-order valence-electron chi connectivity index (χ1n) is 9.22. The molecule has 4 rings (SSSR count). The first-order chi connectivity index (χ1) is 10.7. The lowest BCUT2D eigenvalue weighted by Gasteiger charge is -2.54. The van der Waals surface area contributed by atoms with Gasteiger partial charge in [0.05, 0.1) is 18.8 Å². The van der Waals surface area contributed by atoms with Crippen molar-refractivity contribution < 1.29 is 9.47 Å². The van der Waals surface area contributed by atoms with E-state index < -0.39 is 0 Å². The highest BCUT2D eigenvalue weighted by Gasteiger charge is 2.49. The van der Waals surface area contributed by atoms with E-state index in [1.807, 2.05) is 0 Å². The van der Waals surface area contributed by atoms with Crippen LogP contribution in [-0.4, -0.2) is 63.5 Å². The van der Waals surface area contributed by atoms with Crippen molar-refractivity contribution in [1.82, 2.24) is 10.2 Å². The zero-order chi connectivity index (χ0) is 15.5. The average molecular weight is 310 g/mol. The van der Waals surface area contributed by atoms with Gasteiger partial charge in [0.1, 0.15) is 0 Å².